The van der Waals surface area contributed by atoms with Gasteiger partial charge in [0.25, 0.3) is 0 Å². The fourth-order valence-electron chi connectivity index (χ4n) is 4.36. The third-order valence-electron chi connectivity index (χ3n) is 5.99. The molecule has 0 amide bonds. The SMILES string of the molecule is Cc1ccc(C)n1-c1ccc2ccc3[nH]c(=O)c(=O)n(CC(=O)OCc4ccccc4)c3c2c1. The molecule has 2 heterocycles. The van der Waals surface area contributed by atoms with Crippen LogP contribution in [0.3, 0.4) is 0 Å². The first-order chi connectivity index (χ1) is 16.4. The number of fused-ring (bicyclic) bond motifs is 3. The number of nitrogens with zero attached hydrogens (tertiary/aromatic N) is 2. The van der Waals surface area contributed by atoms with Gasteiger partial charge < -0.3 is 14.3 Å². The Morgan fingerprint density at radius 3 is 2.35 bits per heavy atom. The highest BCUT2D eigenvalue weighted by Gasteiger charge is 2.16. The van der Waals surface area contributed by atoms with Crippen molar-refractivity contribution >= 4 is 27.8 Å². The minimum atomic E-state index is -0.796. The first kappa shape index (κ1) is 21.5. The van der Waals surface area contributed by atoms with Crippen molar-refractivity contribution in [2.75, 3.05) is 0 Å². The summed E-state index contributed by atoms with van der Waals surface area (Å²) in [6.45, 7) is 3.77. The number of carbonyl (C=O) groups excluding carboxylic acids is 1. The topological polar surface area (TPSA) is 86.1 Å². The standard InChI is InChI=1S/C27H23N3O4/c1-17-8-9-18(2)30(17)21-12-10-20-11-13-23-25(22(20)14-21)29(27(33)26(32)28-23)15-24(31)34-16-19-6-4-3-5-7-19/h3-14H,15-16H2,1-2H3,(H,28,32). The second kappa shape index (κ2) is 8.51. The number of aromatic nitrogens is 3. The highest BCUT2D eigenvalue weighted by molar-refractivity contribution is 6.05. The number of nitrogens with one attached hydrogen (secondary N) is 1. The van der Waals surface area contributed by atoms with Crippen LogP contribution in [-0.4, -0.2) is 20.1 Å². The highest BCUT2D eigenvalue weighted by atomic mass is 16.5. The Balaban J connectivity index is 1.63. The third kappa shape index (κ3) is 3.81. The monoisotopic (exact) mass is 453 g/mol. The predicted octanol–water partition coefficient (Wildman–Crippen LogP) is 3.99. The number of hydrogen-bond acceptors (Lipinski definition) is 4. The molecule has 0 unspecified atom stereocenters. The van der Waals surface area contributed by atoms with Crippen LogP contribution >= 0.6 is 0 Å². The van der Waals surface area contributed by atoms with E-state index in [-0.39, 0.29) is 13.2 Å². The largest absolute Gasteiger partial charge is 0.459 e. The van der Waals surface area contributed by atoms with Gasteiger partial charge in [-0.25, -0.2) is 0 Å². The molecule has 0 aliphatic carbocycles. The number of aromatic amines is 1. The fourth-order valence-corrected chi connectivity index (χ4v) is 4.36. The normalized spacial score (nSPS) is 11.2. The molecule has 1 N–H and O–H groups in total. The molecule has 0 aliphatic heterocycles. The lowest BCUT2D eigenvalue weighted by molar-refractivity contribution is -0.145. The molecule has 0 saturated heterocycles. The van der Waals surface area contributed by atoms with Crippen LogP contribution in [0.25, 0.3) is 27.5 Å². The number of benzene rings is 3. The lowest BCUT2D eigenvalue weighted by Gasteiger charge is -2.14. The van der Waals surface area contributed by atoms with Crippen molar-refractivity contribution in [3.63, 3.8) is 0 Å². The number of carbonyl (C=O) groups is 1. The van der Waals surface area contributed by atoms with Crippen LogP contribution in [0.15, 0.2) is 82.4 Å². The molecule has 3 aromatic carbocycles. The molecule has 7 heteroatoms. The summed E-state index contributed by atoms with van der Waals surface area (Å²) < 4.78 is 8.71. The van der Waals surface area contributed by atoms with E-state index in [2.05, 4.69) is 9.55 Å². The lowest BCUT2D eigenvalue weighted by atomic mass is 10.1. The van der Waals surface area contributed by atoms with Crippen LogP contribution in [0, 0.1) is 13.8 Å². The molecule has 0 radical (unpaired) electrons. The van der Waals surface area contributed by atoms with Crippen LogP contribution < -0.4 is 11.1 Å². The molecule has 0 atom stereocenters. The van der Waals surface area contributed by atoms with E-state index in [4.69, 9.17) is 4.74 Å². The van der Waals surface area contributed by atoms with Gasteiger partial charge in [-0.05, 0) is 55.1 Å². The second-order valence-electron chi connectivity index (χ2n) is 8.31. The van der Waals surface area contributed by atoms with Crippen molar-refractivity contribution in [1.29, 1.82) is 0 Å². The number of aryl methyl sites for hydroxylation is 2. The smallest absolute Gasteiger partial charge is 0.326 e. The Labute approximate surface area is 194 Å². The minimum Gasteiger partial charge on any atom is -0.459 e. The van der Waals surface area contributed by atoms with E-state index in [9.17, 15) is 14.4 Å². The van der Waals surface area contributed by atoms with Gasteiger partial charge >= 0.3 is 17.1 Å². The molecule has 0 fully saturated rings. The van der Waals surface area contributed by atoms with E-state index < -0.39 is 17.1 Å². The molecule has 2 aromatic heterocycles. The minimum absolute atomic E-state index is 0.0899. The summed E-state index contributed by atoms with van der Waals surface area (Å²) in [6, 6.07) is 23.0. The molecule has 5 rings (SSSR count). The average Bonchev–Trinajstić information content (AvgIpc) is 3.18. The van der Waals surface area contributed by atoms with Gasteiger partial charge in [-0.15, -0.1) is 0 Å². The van der Waals surface area contributed by atoms with Gasteiger partial charge in [0, 0.05) is 22.5 Å². The van der Waals surface area contributed by atoms with Gasteiger partial charge in [0.2, 0.25) is 0 Å². The summed E-state index contributed by atoms with van der Waals surface area (Å²) in [5.41, 5.74) is 3.31. The van der Waals surface area contributed by atoms with Crippen molar-refractivity contribution in [3.8, 4) is 5.69 Å². The molecule has 170 valence electrons. The summed E-state index contributed by atoms with van der Waals surface area (Å²) in [6.07, 6.45) is 0. The molecule has 0 spiro atoms. The van der Waals surface area contributed by atoms with E-state index in [1.165, 1.54) is 4.57 Å². The van der Waals surface area contributed by atoms with Crippen molar-refractivity contribution < 1.29 is 9.53 Å². The number of hydrogen-bond donors (Lipinski definition) is 1. The Morgan fingerprint density at radius 2 is 1.62 bits per heavy atom. The third-order valence-corrected chi connectivity index (χ3v) is 5.99. The molecular formula is C27H23N3O4. The maximum Gasteiger partial charge on any atom is 0.326 e. The summed E-state index contributed by atoms with van der Waals surface area (Å²) in [7, 11) is 0. The molecule has 0 aliphatic rings. The molecular weight excluding hydrogens is 430 g/mol. The Kier molecular flexibility index (Phi) is 5.37. The first-order valence-corrected chi connectivity index (χ1v) is 11.0. The molecule has 5 aromatic rings. The van der Waals surface area contributed by atoms with Crippen LogP contribution in [-0.2, 0) is 22.7 Å². The molecule has 0 saturated carbocycles. The lowest BCUT2D eigenvalue weighted by Crippen LogP contribution is -2.38. The van der Waals surface area contributed by atoms with Gasteiger partial charge in [-0.3, -0.25) is 19.0 Å². The van der Waals surface area contributed by atoms with E-state index in [0.29, 0.717) is 11.0 Å². The summed E-state index contributed by atoms with van der Waals surface area (Å²) in [4.78, 5) is 40.5. The number of rotatable bonds is 5. The van der Waals surface area contributed by atoms with Crippen LogP contribution in [0.4, 0.5) is 0 Å². The average molecular weight is 453 g/mol. The van der Waals surface area contributed by atoms with E-state index in [0.717, 1.165) is 33.4 Å². The van der Waals surface area contributed by atoms with Crippen molar-refractivity contribution in [3.05, 3.63) is 110 Å². The van der Waals surface area contributed by atoms with Gasteiger partial charge in [-0.1, -0.05) is 42.5 Å². The maximum atomic E-state index is 12.9. The van der Waals surface area contributed by atoms with Crippen molar-refractivity contribution in [1.82, 2.24) is 14.1 Å². The summed E-state index contributed by atoms with van der Waals surface area (Å²) >= 11 is 0. The van der Waals surface area contributed by atoms with Crippen molar-refractivity contribution in [2.45, 2.75) is 27.0 Å². The quantitative estimate of drug-likeness (QED) is 0.248. The van der Waals surface area contributed by atoms with Crippen LogP contribution in [0.5, 0.6) is 0 Å². The van der Waals surface area contributed by atoms with Crippen molar-refractivity contribution in [2.24, 2.45) is 0 Å². The van der Waals surface area contributed by atoms with E-state index in [1.54, 1.807) is 6.07 Å². The maximum absolute atomic E-state index is 12.9. The predicted molar refractivity (Wildman–Crippen MR) is 131 cm³/mol. The second-order valence-corrected chi connectivity index (χ2v) is 8.31. The zero-order valence-electron chi connectivity index (χ0n) is 18.9. The zero-order chi connectivity index (χ0) is 23.8. The molecule has 0 bridgehead atoms. The Bertz CT molecular complexity index is 1640. The molecule has 34 heavy (non-hydrogen) atoms. The van der Waals surface area contributed by atoms with E-state index in [1.807, 2.05) is 80.6 Å². The van der Waals surface area contributed by atoms with Crippen LogP contribution in [0.1, 0.15) is 17.0 Å². The van der Waals surface area contributed by atoms with E-state index >= 15 is 0 Å². The highest BCUT2D eigenvalue weighted by Crippen LogP contribution is 2.27. The van der Waals surface area contributed by atoms with Crippen LogP contribution in [0.2, 0.25) is 0 Å². The molecule has 7 nitrogen and oxygen atoms in total. The Hall–Kier alpha value is -4.39. The number of ether oxygens (including phenoxy) is 1. The first-order valence-electron chi connectivity index (χ1n) is 11.0. The Morgan fingerprint density at radius 1 is 0.912 bits per heavy atom. The van der Waals surface area contributed by atoms with Gasteiger partial charge in [0.15, 0.2) is 0 Å². The van der Waals surface area contributed by atoms with Gasteiger partial charge in [0.05, 0.1) is 11.0 Å². The van der Waals surface area contributed by atoms with Gasteiger partial charge in [-0.2, -0.15) is 0 Å². The zero-order valence-corrected chi connectivity index (χ0v) is 18.9. The number of esters is 1. The fraction of sp³-hybridized carbons (Fsp3) is 0.148. The summed E-state index contributed by atoms with van der Waals surface area (Å²) in [5.74, 6) is -0.594. The summed E-state index contributed by atoms with van der Waals surface area (Å²) in [5, 5.41) is 1.64. The number of H-pyrrole nitrogens is 1. The van der Waals surface area contributed by atoms with Gasteiger partial charge in [0.1, 0.15) is 13.2 Å².